The molecule has 3 aromatic rings. The van der Waals surface area contributed by atoms with E-state index in [1.165, 1.54) is 6.92 Å². The summed E-state index contributed by atoms with van der Waals surface area (Å²) >= 11 is 0. The summed E-state index contributed by atoms with van der Waals surface area (Å²) in [6, 6.07) is 9.18. The maximum absolute atomic E-state index is 11.4. The molecule has 2 heterocycles. The monoisotopic (exact) mass is 419 g/mol. The minimum Gasteiger partial charge on any atom is -0.495 e. The summed E-state index contributed by atoms with van der Waals surface area (Å²) in [5.41, 5.74) is 4.69. The van der Waals surface area contributed by atoms with E-state index >= 15 is 0 Å². The van der Waals surface area contributed by atoms with E-state index in [1.807, 2.05) is 12.3 Å². The molecule has 1 aromatic carbocycles. The van der Waals surface area contributed by atoms with Crippen molar-refractivity contribution in [3.05, 3.63) is 54.0 Å². The van der Waals surface area contributed by atoms with Gasteiger partial charge in [-0.25, -0.2) is 9.97 Å². The van der Waals surface area contributed by atoms with Gasteiger partial charge in [0, 0.05) is 41.7 Å². The molecular formula is C23H25N5O3. The molecule has 1 aliphatic carbocycles. The fraction of sp³-hybridized carbons (Fsp3) is 0.304. The van der Waals surface area contributed by atoms with Gasteiger partial charge in [-0.2, -0.15) is 0 Å². The highest BCUT2D eigenvalue weighted by Crippen LogP contribution is 2.39. The van der Waals surface area contributed by atoms with Gasteiger partial charge in [0.05, 0.1) is 25.1 Å². The van der Waals surface area contributed by atoms with Crippen molar-refractivity contribution in [2.45, 2.75) is 32.1 Å². The van der Waals surface area contributed by atoms with Crippen LogP contribution in [0.15, 0.2) is 42.7 Å². The molecule has 1 unspecified atom stereocenters. The first kappa shape index (κ1) is 20.7. The topological polar surface area (TPSA) is 109 Å². The number of rotatable bonds is 6. The molecule has 0 saturated carbocycles. The van der Waals surface area contributed by atoms with Crippen LogP contribution in [0.1, 0.15) is 31.5 Å². The number of nitrogens with zero attached hydrogens (tertiary/aromatic N) is 3. The molecule has 0 spiro atoms. The summed E-state index contributed by atoms with van der Waals surface area (Å²) in [6.07, 6.45) is 5.24. The number of aryl methyl sites for hydroxylation is 1. The third-order valence-electron chi connectivity index (χ3n) is 5.60. The average molecular weight is 419 g/mol. The molecule has 0 aliphatic heterocycles. The molecular weight excluding hydrogens is 394 g/mol. The minimum atomic E-state index is -0.274. The maximum atomic E-state index is 11.4. The summed E-state index contributed by atoms with van der Waals surface area (Å²) in [6.45, 7) is 3.61. The van der Waals surface area contributed by atoms with E-state index in [9.17, 15) is 9.90 Å². The van der Waals surface area contributed by atoms with Crippen LogP contribution in [0.5, 0.6) is 5.75 Å². The van der Waals surface area contributed by atoms with Gasteiger partial charge in [0.15, 0.2) is 0 Å². The Hall–Kier alpha value is -3.52. The van der Waals surface area contributed by atoms with Crippen LogP contribution in [0.2, 0.25) is 0 Å². The second-order valence-corrected chi connectivity index (χ2v) is 7.92. The smallest absolute Gasteiger partial charge is 0.227 e. The normalized spacial score (nSPS) is 17.2. The summed E-state index contributed by atoms with van der Waals surface area (Å²) < 4.78 is 5.41. The Morgan fingerprint density at radius 1 is 1.26 bits per heavy atom. The van der Waals surface area contributed by atoms with Gasteiger partial charge in [0.25, 0.3) is 0 Å². The number of benzene rings is 1. The van der Waals surface area contributed by atoms with Crippen molar-refractivity contribution in [3.63, 3.8) is 0 Å². The summed E-state index contributed by atoms with van der Waals surface area (Å²) in [5.74, 6) is 0.829. The zero-order valence-corrected chi connectivity index (χ0v) is 17.8. The molecule has 160 valence electrons. The van der Waals surface area contributed by atoms with E-state index in [2.05, 4.69) is 38.6 Å². The van der Waals surface area contributed by atoms with Crippen molar-refractivity contribution in [3.8, 4) is 17.0 Å². The lowest BCUT2D eigenvalue weighted by Crippen LogP contribution is -2.23. The fourth-order valence-corrected chi connectivity index (χ4v) is 3.83. The van der Waals surface area contributed by atoms with E-state index in [4.69, 9.17) is 4.74 Å². The van der Waals surface area contributed by atoms with Crippen LogP contribution in [-0.2, 0) is 16.6 Å². The van der Waals surface area contributed by atoms with Crippen LogP contribution < -0.4 is 15.4 Å². The number of carbonyl (C=O) groups is 1. The number of hydrogen-bond acceptors (Lipinski definition) is 7. The van der Waals surface area contributed by atoms with Gasteiger partial charge >= 0.3 is 0 Å². The van der Waals surface area contributed by atoms with Gasteiger partial charge in [0.1, 0.15) is 5.75 Å². The van der Waals surface area contributed by atoms with E-state index in [1.54, 1.807) is 31.5 Å². The molecule has 0 fully saturated rings. The molecule has 2 aromatic heterocycles. The number of hydrogen-bond donors (Lipinski definition) is 3. The van der Waals surface area contributed by atoms with Gasteiger partial charge in [-0.3, -0.25) is 9.78 Å². The van der Waals surface area contributed by atoms with Gasteiger partial charge in [-0.05, 0) is 48.7 Å². The van der Waals surface area contributed by atoms with Crippen molar-refractivity contribution in [1.82, 2.24) is 15.0 Å². The number of methoxy groups -OCH3 is 1. The van der Waals surface area contributed by atoms with Crippen molar-refractivity contribution >= 4 is 23.2 Å². The van der Waals surface area contributed by atoms with Crippen LogP contribution in [0.3, 0.4) is 0 Å². The fourth-order valence-electron chi connectivity index (χ4n) is 3.83. The Kier molecular flexibility index (Phi) is 5.56. The number of pyridine rings is 1. The Labute approximate surface area is 180 Å². The molecule has 4 rings (SSSR count). The molecule has 1 aliphatic rings. The standard InChI is InChI=1S/C23H25N5O3/c1-14(30)26-16-4-5-21(31-3)20(11-16)28-22-24-9-7-18(27-22)15-10-17-19(25-12-15)6-8-23(17,2)13-29/h4-5,7,9-12,29H,6,8,13H2,1-3H3,(H,26,30)(H,24,27,28). The maximum Gasteiger partial charge on any atom is 0.227 e. The number of aliphatic hydroxyl groups is 1. The van der Waals surface area contributed by atoms with Crippen LogP contribution in [-0.4, -0.2) is 39.7 Å². The zero-order chi connectivity index (χ0) is 22.0. The highest BCUT2D eigenvalue weighted by Gasteiger charge is 2.35. The van der Waals surface area contributed by atoms with Crippen LogP contribution in [0.4, 0.5) is 17.3 Å². The number of aromatic nitrogens is 3. The van der Waals surface area contributed by atoms with E-state index < -0.39 is 0 Å². The van der Waals surface area contributed by atoms with Crippen LogP contribution >= 0.6 is 0 Å². The van der Waals surface area contributed by atoms with Gasteiger partial charge in [-0.1, -0.05) is 6.92 Å². The lowest BCUT2D eigenvalue weighted by molar-refractivity contribution is -0.114. The SMILES string of the molecule is COc1ccc(NC(C)=O)cc1Nc1nccc(-c2cnc3c(c2)C(C)(CO)CC3)n1. The summed E-state index contributed by atoms with van der Waals surface area (Å²) in [5, 5.41) is 15.8. The van der Waals surface area contributed by atoms with Crippen LogP contribution in [0.25, 0.3) is 11.3 Å². The van der Waals surface area contributed by atoms with Gasteiger partial charge in [0.2, 0.25) is 11.9 Å². The number of anilines is 3. The van der Waals surface area contributed by atoms with E-state index in [0.29, 0.717) is 23.1 Å². The van der Waals surface area contributed by atoms with E-state index in [0.717, 1.165) is 35.4 Å². The highest BCUT2D eigenvalue weighted by molar-refractivity contribution is 5.89. The Morgan fingerprint density at radius 2 is 2.10 bits per heavy atom. The molecule has 0 saturated heterocycles. The Balaban J connectivity index is 1.65. The van der Waals surface area contributed by atoms with Crippen LogP contribution in [0, 0.1) is 0 Å². The molecule has 31 heavy (non-hydrogen) atoms. The first-order valence-corrected chi connectivity index (χ1v) is 10.1. The summed E-state index contributed by atoms with van der Waals surface area (Å²) in [7, 11) is 1.57. The first-order valence-electron chi connectivity index (χ1n) is 10.1. The third-order valence-corrected chi connectivity index (χ3v) is 5.60. The van der Waals surface area contributed by atoms with Gasteiger partial charge in [-0.15, -0.1) is 0 Å². The second-order valence-electron chi connectivity index (χ2n) is 7.92. The zero-order valence-electron chi connectivity index (χ0n) is 17.8. The number of aliphatic hydroxyl groups excluding tert-OH is 1. The number of carbonyl (C=O) groups excluding carboxylic acids is 1. The molecule has 0 bridgehead atoms. The molecule has 3 N–H and O–H groups in total. The third kappa shape index (κ3) is 4.20. The first-order chi connectivity index (χ1) is 14.9. The van der Waals surface area contributed by atoms with Crippen molar-refractivity contribution in [2.75, 3.05) is 24.4 Å². The van der Waals surface area contributed by atoms with Crippen molar-refractivity contribution in [2.24, 2.45) is 0 Å². The second kappa shape index (κ2) is 8.31. The summed E-state index contributed by atoms with van der Waals surface area (Å²) in [4.78, 5) is 24.9. The van der Waals surface area contributed by atoms with Crippen molar-refractivity contribution in [1.29, 1.82) is 0 Å². The Bertz CT molecular complexity index is 1130. The molecule has 1 amide bonds. The van der Waals surface area contributed by atoms with E-state index in [-0.39, 0.29) is 17.9 Å². The molecule has 0 radical (unpaired) electrons. The lowest BCUT2D eigenvalue weighted by Gasteiger charge is -2.22. The van der Waals surface area contributed by atoms with Crippen molar-refractivity contribution < 1.29 is 14.6 Å². The molecule has 8 nitrogen and oxygen atoms in total. The average Bonchev–Trinajstić information content (AvgIpc) is 3.10. The molecule has 8 heteroatoms. The van der Waals surface area contributed by atoms with Gasteiger partial charge < -0.3 is 20.5 Å². The number of fused-ring (bicyclic) bond motifs is 1. The molecule has 1 atom stereocenters. The highest BCUT2D eigenvalue weighted by atomic mass is 16.5. The quantitative estimate of drug-likeness (QED) is 0.561. The minimum absolute atomic E-state index is 0.0894. The number of amides is 1. The number of nitrogens with one attached hydrogen (secondary N) is 2. The lowest BCUT2D eigenvalue weighted by atomic mass is 9.85. The predicted octanol–water partition coefficient (Wildman–Crippen LogP) is 3.45. The largest absolute Gasteiger partial charge is 0.495 e. The Morgan fingerprint density at radius 3 is 2.84 bits per heavy atom. The number of ether oxygens (including phenoxy) is 1. The predicted molar refractivity (Wildman–Crippen MR) is 119 cm³/mol.